The molecule has 2 rings (SSSR count). The van der Waals surface area contributed by atoms with Crippen LogP contribution in [0, 0.1) is 0 Å². The molecule has 4 nitrogen and oxygen atoms in total. The number of hydrazone groups is 1. The summed E-state index contributed by atoms with van der Waals surface area (Å²) in [5.74, 6) is -0.498. The number of methoxy groups -OCH3 is 1. The minimum absolute atomic E-state index is 0.105. The van der Waals surface area contributed by atoms with Crippen LogP contribution in [0.1, 0.15) is 18.4 Å². The van der Waals surface area contributed by atoms with Crippen LogP contribution >= 0.6 is 0 Å². The summed E-state index contributed by atoms with van der Waals surface area (Å²) in [5, 5.41) is 6.27. The number of ether oxygens (including phenoxy) is 1. The molecule has 1 aliphatic heterocycles. The number of esters is 1. The summed E-state index contributed by atoms with van der Waals surface area (Å²) in [6, 6.07) is 9.87. The lowest BCUT2D eigenvalue weighted by Crippen LogP contribution is -2.23. The summed E-state index contributed by atoms with van der Waals surface area (Å²) < 4.78 is 4.88. The topological polar surface area (TPSA) is 41.9 Å². The summed E-state index contributed by atoms with van der Waals surface area (Å²) in [5.41, 5.74) is 2.36. The average molecular weight is 296 g/mol. The largest absolute Gasteiger partial charge is 0.464 e. The van der Waals surface area contributed by atoms with Gasteiger partial charge in [0.15, 0.2) is 5.71 Å². The Hall–Kier alpha value is -2.62. The molecule has 0 spiro atoms. The highest BCUT2D eigenvalue weighted by Gasteiger charge is 2.34. The number of hydrogen-bond donors (Lipinski definition) is 0. The van der Waals surface area contributed by atoms with E-state index in [1.807, 2.05) is 60.5 Å². The van der Waals surface area contributed by atoms with E-state index in [-0.39, 0.29) is 5.92 Å². The molecule has 0 saturated heterocycles. The molecule has 0 N–H and O–H groups in total. The number of hydrogen-bond acceptors (Lipinski definition) is 4. The third kappa shape index (κ3) is 3.34. The average Bonchev–Trinajstić information content (AvgIpc) is 3.00. The van der Waals surface area contributed by atoms with E-state index in [2.05, 4.69) is 11.7 Å². The fourth-order valence-electron chi connectivity index (χ4n) is 2.42. The van der Waals surface area contributed by atoms with Gasteiger partial charge in [0.2, 0.25) is 0 Å². The van der Waals surface area contributed by atoms with Gasteiger partial charge in [0.25, 0.3) is 0 Å². The molecule has 22 heavy (non-hydrogen) atoms. The monoisotopic (exact) mass is 296 g/mol. The lowest BCUT2D eigenvalue weighted by atomic mass is 9.95. The number of rotatable bonds is 5. The van der Waals surface area contributed by atoms with E-state index in [4.69, 9.17) is 4.74 Å². The molecule has 114 valence electrons. The Morgan fingerprint density at radius 2 is 2.14 bits per heavy atom. The lowest BCUT2D eigenvalue weighted by molar-refractivity contribution is -0.132. The van der Waals surface area contributed by atoms with Crippen LogP contribution in [0.25, 0.3) is 0 Å². The molecule has 1 aromatic rings. The normalized spacial score (nSPS) is 18.5. The quantitative estimate of drug-likeness (QED) is 0.618. The molecule has 0 bridgehead atoms. The molecule has 0 fully saturated rings. The van der Waals surface area contributed by atoms with Gasteiger partial charge in [0, 0.05) is 0 Å². The van der Waals surface area contributed by atoms with Gasteiger partial charge in [0.05, 0.1) is 25.3 Å². The highest BCUT2D eigenvalue weighted by molar-refractivity contribution is 6.39. The lowest BCUT2D eigenvalue weighted by Gasteiger charge is -2.17. The molecular formula is C18H20N2O2. The standard InChI is InChI=1S/C18H20N2O2/c1-4-9-15(10-5-2)20-13-16(14-11-7-6-8-12-14)17(19-20)18(21)22-3/h4-12,16H,1,13H2,2-3H3/b10-5-,15-9+. The smallest absolute Gasteiger partial charge is 0.354 e. The van der Waals surface area contributed by atoms with E-state index in [0.717, 1.165) is 11.3 Å². The van der Waals surface area contributed by atoms with E-state index < -0.39 is 5.97 Å². The van der Waals surface area contributed by atoms with Crippen molar-refractivity contribution < 1.29 is 9.53 Å². The van der Waals surface area contributed by atoms with Crippen LogP contribution in [0.5, 0.6) is 0 Å². The predicted octanol–water partition coefficient (Wildman–Crippen LogP) is 3.26. The first-order valence-corrected chi connectivity index (χ1v) is 7.16. The van der Waals surface area contributed by atoms with E-state index in [1.165, 1.54) is 7.11 Å². The highest BCUT2D eigenvalue weighted by Crippen LogP contribution is 2.28. The first kappa shape index (κ1) is 15.8. The van der Waals surface area contributed by atoms with Crippen LogP contribution in [-0.2, 0) is 9.53 Å². The molecular weight excluding hydrogens is 276 g/mol. The second-order valence-corrected chi connectivity index (χ2v) is 4.85. The van der Waals surface area contributed by atoms with Crippen LogP contribution in [0.2, 0.25) is 0 Å². The van der Waals surface area contributed by atoms with Crippen molar-refractivity contribution in [2.45, 2.75) is 12.8 Å². The van der Waals surface area contributed by atoms with E-state index in [9.17, 15) is 4.79 Å². The van der Waals surface area contributed by atoms with Crippen molar-refractivity contribution in [1.82, 2.24) is 5.01 Å². The number of allylic oxidation sites excluding steroid dienone is 4. The Morgan fingerprint density at radius 1 is 1.41 bits per heavy atom. The molecule has 0 saturated carbocycles. The Labute approximate surface area is 131 Å². The zero-order chi connectivity index (χ0) is 15.9. The van der Waals surface area contributed by atoms with Crippen molar-refractivity contribution in [1.29, 1.82) is 0 Å². The molecule has 4 heteroatoms. The number of nitrogens with zero attached hydrogens (tertiary/aromatic N) is 2. The Balaban J connectivity index is 2.38. The van der Waals surface area contributed by atoms with Gasteiger partial charge in [-0.25, -0.2) is 4.79 Å². The van der Waals surface area contributed by atoms with Crippen molar-refractivity contribution in [3.05, 3.63) is 72.5 Å². The predicted molar refractivity (Wildman–Crippen MR) is 88.4 cm³/mol. The van der Waals surface area contributed by atoms with Gasteiger partial charge in [-0.3, -0.25) is 5.01 Å². The first-order chi connectivity index (χ1) is 10.7. The summed E-state index contributed by atoms with van der Waals surface area (Å²) >= 11 is 0. The van der Waals surface area contributed by atoms with E-state index in [1.54, 1.807) is 6.08 Å². The maximum absolute atomic E-state index is 12.0. The van der Waals surface area contributed by atoms with Gasteiger partial charge in [-0.15, -0.1) is 0 Å². The van der Waals surface area contributed by atoms with Crippen LogP contribution in [-0.4, -0.2) is 30.3 Å². The van der Waals surface area contributed by atoms with Gasteiger partial charge in [0.1, 0.15) is 0 Å². The molecule has 0 aromatic heterocycles. The second-order valence-electron chi connectivity index (χ2n) is 4.85. The number of carbonyl (C=O) groups is 1. The molecule has 0 aliphatic carbocycles. The van der Waals surface area contributed by atoms with Gasteiger partial charge >= 0.3 is 5.97 Å². The van der Waals surface area contributed by atoms with Crippen LogP contribution in [0.4, 0.5) is 0 Å². The van der Waals surface area contributed by atoms with Crippen LogP contribution < -0.4 is 0 Å². The van der Waals surface area contributed by atoms with Gasteiger partial charge in [-0.1, -0.05) is 49.1 Å². The number of benzene rings is 1. The molecule has 0 amide bonds. The fourth-order valence-corrected chi connectivity index (χ4v) is 2.42. The molecule has 1 heterocycles. The van der Waals surface area contributed by atoms with Crippen LogP contribution in [0.15, 0.2) is 72.0 Å². The summed E-state index contributed by atoms with van der Waals surface area (Å²) in [6.45, 7) is 6.26. The van der Waals surface area contributed by atoms with Crippen molar-refractivity contribution >= 4 is 11.7 Å². The summed E-state index contributed by atoms with van der Waals surface area (Å²) in [6.07, 6.45) is 7.44. The molecule has 1 aliphatic rings. The third-order valence-electron chi connectivity index (χ3n) is 3.43. The second kappa shape index (κ2) is 7.41. The molecule has 1 unspecified atom stereocenters. The first-order valence-electron chi connectivity index (χ1n) is 7.16. The zero-order valence-corrected chi connectivity index (χ0v) is 12.9. The van der Waals surface area contributed by atoms with Crippen molar-refractivity contribution in [3.8, 4) is 0 Å². The zero-order valence-electron chi connectivity index (χ0n) is 12.9. The SMILES string of the molecule is C=C/C=C(\C=C/C)N1CC(c2ccccc2)C(C(=O)OC)=N1. The third-order valence-corrected chi connectivity index (χ3v) is 3.43. The highest BCUT2D eigenvalue weighted by atomic mass is 16.5. The molecule has 1 aromatic carbocycles. The molecule has 0 radical (unpaired) electrons. The summed E-state index contributed by atoms with van der Waals surface area (Å²) in [7, 11) is 1.38. The Bertz CT molecular complexity index is 630. The Kier molecular flexibility index (Phi) is 5.31. The Morgan fingerprint density at radius 3 is 2.73 bits per heavy atom. The van der Waals surface area contributed by atoms with Gasteiger partial charge in [-0.05, 0) is 24.6 Å². The summed E-state index contributed by atoms with van der Waals surface area (Å²) in [4.78, 5) is 12.0. The van der Waals surface area contributed by atoms with Crippen LogP contribution in [0.3, 0.4) is 0 Å². The van der Waals surface area contributed by atoms with Crippen molar-refractivity contribution in [2.24, 2.45) is 5.10 Å². The maximum Gasteiger partial charge on any atom is 0.354 e. The molecule has 1 atom stereocenters. The number of carbonyl (C=O) groups excluding carboxylic acids is 1. The maximum atomic E-state index is 12.0. The van der Waals surface area contributed by atoms with E-state index >= 15 is 0 Å². The minimum atomic E-state index is -0.394. The van der Waals surface area contributed by atoms with Gasteiger partial charge in [-0.2, -0.15) is 5.10 Å². The van der Waals surface area contributed by atoms with Gasteiger partial charge < -0.3 is 4.74 Å². The minimum Gasteiger partial charge on any atom is -0.464 e. The van der Waals surface area contributed by atoms with Crippen molar-refractivity contribution in [2.75, 3.05) is 13.7 Å². The fraction of sp³-hybridized carbons (Fsp3) is 0.222. The van der Waals surface area contributed by atoms with E-state index in [0.29, 0.717) is 12.3 Å². The van der Waals surface area contributed by atoms with Crippen molar-refractivity contribution in [3.63, 3.8) is 0 Å².